The summed E-state index contributed by atoms with van der Waals surface area (Å²) in [5, 5.41) is 2.80. The third kappa shape index (κ3) is 5.21. The average molecular weight is 500 g/mol. The molecule has 0 unspecified atom stereocenters. The summed E-state index contributed by atoms with van der Waals surface area (Å²) in [5.41, 5.74) is 2.04. The quantitative estimate of drug-likeness (QED) is 0.629. The molecule has 2 aliphatic heterocycles. The lowest BCUT2D eigenvalue weighted by Gasteiger charge is -2.34. The van der Waals surface area contributed by atoms with Crippen molar-refractivity contribution in [2.24, 2.45) is 5.92 Å². The monoisotopic (exact) mass is 499 g/mol. The minimum Gasteiger partial charge on any atom is -0.478 e. The van der Waals surface area contributed by atoms with Crippen molar-refractivity contribution in [1.29, 1.82) is 0 Å². The zero-order valence-electron chi connectivity index (χ0n) is 20.5. The van der Waals surface area contributed by atoms with Crippen LogP contribution in [-0.4, -0.2) is 55.2 Å². The molecule has 9 heteroatoms. The van der Waals surface area contributed by atoms with Crippen LogP contribution in [-0.2, 0) is 26.2 Å². The van der Waals surface area contributed by atoms with E-state index in [1.54, 1.807) is 17.9 Å². The predicted molar refractivity (Wildman–Crippen MR) is 134 cm³/mol. The third-order valence-corrected chi connectivity index (χ3v) is 8.74. The van der Waals surface area contributed by atoms with Crippen molar-refractivity contribution >= 4 is 27.5 Å². The van der Waals surface area contributed by atoms with E-state index >= 15 is 0 Å². The van der Waals surface area contributed by atoms with E-state index in [9.17, 15) is 18.0 Å². The number of carbonyl (C=O) groups excluding carboxylic acids is 2. The van der Waals surface area contributed by atoms with E-state index in [0.717, 1.165) is 5.56 Å². The highest BCUT2D eigenvalue weighted by molar-refractivity contribution is 7.89. The number of rotatable bonds is 7. The smallest absolute Gasteiger partial charge is 0.265 e. The Labute approximate surface area is 207 Å². The van der Waals surface area contributed by atoms with E-state index in [4.69, 9.17) is 4.74 Å². The van der Waals surface area contributed by atoms with Gasteiger partial charge in [0.25, 0.3) is 5.91 Å². The van der Waals surface area contributed by atoms with E-state index < -0.39 is 16.1 Å². The van der Waals surface area contributed by atoms with E-state index in [1.165, 1.54) is 10.4 Å². The molecule has 0 aliphatic carbocycles. The maximum absolute atomic E-state index is 13.7. The van der Waals surface area contributed by atoms with Gasteiger partial charge < -0.3 is 15.0 Å². The average Bonchev–Trinajstić information content (AvgIpc) is 2.86. The Morgan fingerprint density at radius 3 is 2.63 bits per heavy atom. The summed E-state index contributed by atoms with van der Waals surface area (Å²) in [5.74, 6) is -0.288. The van der Waals surface area contributed by atoms with Crippen molar-refractivity contribution in [2.75, 3.05) is 25.0 Å². The predicted octanol–water partition coefficient (Wildman–Crippen LogP) is 3.55. The van der Waals surface area contributed by atoms with E-state index in [0.29, 0.717) is 55.9 Å². The van der Waals surface area contributed by atoms with Gasteiger partial charge in [-0.05, 0) is 50.3 Å². The number of hydrogen-bond acceptors (Lipinski definition) is 5. The molecule has 2 aromatic carbocycles. The zero-order valence-corrected chi connectivity index (χ0v) is 21.3. The van der Waals surface area contributed by atoms with Gasteiger partial charge in [0.2, 0.25) is 15.9 Å². The maximum atomic E-state index is 13.7. The van der Waals surface area contributed by atoms with Gasteiger partial charge in [-0.2, -0.15) is 4.31 Å². The Balaban J connectivity index is 1.54. The second-order valence-corrected chi connectivity index (χ2v) is 11.1. The number of hydrogen-bond donors (Lipinski definition) is 1. The molecule has 1 N–H and O–H groups in total. The summed E-state index contributed by atoms with van der Waals surface area (Å²) in [4.78, 5) is 27.4. The molecule has 0 saturated carbocycles. The third-order valence-electron chi connectivity index (χ3n) is 6.73. The van der Waals surface area contributed by atoms with Crippen LogP contribution in [0.3, 0.4) is 0 Å². The highest BCUT2D eigenvalue weighted by atomic mass is 32.2. The molecular formula is C26H33N3O5S. The zero-order chi connectivity index (χ0) is 25.2. The normalized spacial score (nSPS) is 20.5. The number of carbonyl (C=O) groups is 2. The number of amides is 2. The van der Waals surface area contributed by atoms with Crippen LogP contribution in [0.25, 0.3) is 0 Å². The molecule has 2 amide bonds. The van der Waals surface area contributed by atoms with Gasteiger partial charge in [-0.15, -0.1) is 0 Å². The van der Waals surface area contributed by atoms with Gasteiger partial charge in [-0.25, -0.2) is 8.42 Å². The molecule has 8 nitrogen and oxygen atoms in total. The molecule has 188 valence electrons. The highest BCUT2D eigenvalue weighted by Gasteiger charge is 2.37. The fourth-order valence-corrected chi connectivity index (χ4v) is 6.49. The number of benzene rings is 2. The van der Waals surface area contributed by atoms with Crippen molar-refractivity contribution in [3.63, 3.8) is 0 Å². The topological polar surface area (TPSA) is 96.0 Å². The molecule has 2 atom stereocenters. The van der Waals surface area contributed by atoms with Crippen molar-refractivity contribution in [2.45, 2.75) is 57.6 Å². The number of nitrogens with zero attached hydrogens (tertiary/aromatic N) is 2. The van der Waals surface area contributed by atoms with E-state index in [-0.39, 0.29) is 29.2 Å². The van der Waals surface area contributed by atoms with Crippen LogP contribution in [0.2, 0.25) is 0 Å². The summed E-state index contributed by atoms with van der Waals surface area (Å²) in [6, 6.07) is 12.9. The van der Waals surface area contributed by atoms with Crippen molar-refractivity contribution in [3.8, 4) is 5.75 Å². The first-order chi connectivity index (χ1) is 16.7. The van der Waals surface area contributed by atoms with Crippen LogP contribution >= 0.6 is 0 Å². The fourth-order valence-electron chi connectivity index (χ4n) is 4.74. The lowest BCUT2D eigenvalue weighted by molar-refractivity contribution is -0.137. The number of fused-ring (bicyclic) bond motifs is 1. The molecule has 1 saturated heterocycles. The Hall–Kier alpha value is -2.91. The van der Waals surface area contributed by atoms with Crippen LogP contribution in [0.1, 0.15) is 44.2 Å². The number of ether oxygens (including phenoxy) is 1. The molecule has 2 aliphatic rings. The minimum atomic E-state index is -3.85. The molecule has 0 radical (unpaired) electrons. The number of piperidine rings is 1. The van der Waals surface area contributed by atoms with Gasteiger partial charge in [-0.1, -0.05) is 37.3 Å². The summed E-state index contributed by atoms with van der Waals surface area (Å²) in [6.07, 6.45) is 1.11. The molecule has 0 aromatic heterocycles. The molecular weight excluding hydrogens is 466 g/mol. The van der Waals surface area contributed by atoms with E-state index in [1.807, 2.05) is 44.2 Å². The summed E-state index contributed by atoms with van der Waals surface area (Å²) in [7, 11) is -3.85. The lowest BCUT2D eigenvalue weighted by Crippen LogP contribution is -2.46. The van der Waals surface area contributed by atoms with Crippen molar-refractivity contribution in [3.05, 3.63) is 53.6 Å². The summed E-state index contributed by atoms with van der Waals surface area (Å²) < 4.78 is 34.5. The number of sulfonamides is 1. The van der Waals surface area contributed by atoms with Gasteiger partial charge in [0, 0.05) is 32.2 Å². The van der Waals surface area contributed by atoms with Crippen LogP contribution in [0.15, 0.2) is 47.4 Å². The molecule has 0 spiro atoms. The Kier molecular flexibility index (Phi) is 7.47. The Morgan fingerprint density at radius 1 is 1.20 bits per heavy atom. The fraction of sp³-hybridized carbons (Fsp3) is 0.462. The van der Waals surface area contributed by atoms with Crippen LogP contribution < -0.4 is 10.1 Å². The molecule has 4 rings (SSSR count). The second kappa shape index (κ2) is 10.4. The largest absolute Gasteiger partial charge is 0.478 e. The molecule has 2 aromatic rings. The summed E-state index contributed by atoms with van der Waals surface area (Å²) >= 11 is 0. The van der Waals surface area contributed by atoms with Crippen molar-refractivity contribution in [1.82, 2.24) is 9.21 Å². The van der Waals surface area contributed by atoms with Gasteiger partial charge in [-0.3, -0.25) is 9.59 Å². The van der Waals surface area contributed by atoms with Gasteiger partial charge in [0.05, 0.1) is 16.5 Å². The highest BCUT2D eigenvalue weighted by Crippen LogP contribution is 2.36. The van der Waals surface area contributed by atoms with E-state index in [2.05, 4.69) is 5.32 Å². The van der Waals surface area contributed by atoms with Crippen molar-refractivity contribution < 1.29 is 22.7 Å². The maximum Gasteiger partial charge on any atom is 0.265 e. The Morgan fingerprint density at radius 2 is 1.94 bits per heavy atom. The van der Waals surface area contributed by atoms with Crippen LogP contribution in [0.4, 0.5) is 5.69 Å². The van der Waals surface area contributed by atoms with Crippen LogP contribution in [0.5, 0.6) is 5.75 Å². The Bertz CT molecular complexity index is 1200. The van der Waals surface area contributed by atoms with Crippen LogP contribution in [0, 0.1) is 12.8 Å². The summed E-state index contributed by atoms with van der Waals surface area (Å²) in [6.45, 7) is 7.06. The number of aryl methyl sites for hydroxylation is 1. The first-order valence-electron chi connectivity index (χ1n) is 12.2. The molecule has 35 heavy (non-hydrogen) atoms. The number of anilines is 1. The molecule has 2 heterocycles. The standard InChI is InChI=1S/C26H33N3O5S/c1-4-22-25(30)27-21-14-18(3)24(15-23(21)34-22)35(32,33)29-13-9-12-20(17-29)26(31)28(5-2)16-19-10-7-6-8-11-19/h6-8,10-11,14-15,20,22H,4-5,9,12-13,16-17H2,1-3H3,(H,27,30)/t20-,22-/m0/s1. The van der Waals surface area contributed by atoms with Gasteiger partial charge in [0.1, 0.15) is 5.75 Å². The minimum absolute atomic E-state index is 0.0183. The van der Waals surface area contributed by atoms with Gasteiger partial charge in [0.15, 0.2) is 6.10 Å². The molecule has 1 fully saturated rings. The van der Waals surface area contributed by atoms with Gasteiger partial charge >= 0.3 is 0 Å². The second-order valence-electron chi connectivity index (χ2n) is 9.16. The number of nitrogens with one attached hydrogen (secondary N) is 1. The molecule has 0 bridgehead atoms. The SMILES string of the molecule is CC[C@@H]1Oc2cc(S(=O)(=O)N3CCC[C@H](C(=O)N(CC)Cc4ccccc4)C3)c(C)cc2NC1=O. The lowest BCUT2D eigenvalue weighted by atomic mass is 9.98. The first kappa shape index (κ1) is 25.2. The first-order valence-corrected chi connectivity index (χ1v) is 13.6.